The molecule has 3 rings (SSSR count). The first kappa shape index (κ1) is 12.8. The largest absolute Gasteiger partial charge is 0.0843 e. The van der Waals surface area contributed by atoms with Gasteiger partial charge in [-0.3, -0.25) is 0 Å². The first-order valence-corrected chi connectivity index (χ1v) is 7.10. The Morgan fingerprint density at radius 2 is 1.53 bits per heavy atom. The van der Waals surface area contributed by atoms with Gasteiger partial charge in [-0.15, -0.1) is 0 Å². The van der Waals surface area contributed by atoms with Crippen LogP contribution < -0.4 is 0 Å². The summed E-state index contributed by atoms with van der Waals surface area (Å²) >= 11 is 12.1. The van der Waals surface area contributed by atoms with E-state index in [1.54, 1.807) is 0 Å². The van der Waals surface area contributed by atoms with E-state index in [9.17, 15) is 0 Å². The standard InChI is InChI=1S/C17H14Cl2/c1-10-11(2)17(12-3-5-13(18)6-4-12)15-8-7-14(19)9-16(10)15/h3-10H,1-2H3. The Kier molecular flexibility index (Phi) is 3.16. The molecular formula is C17H14Cl2. The molecule has 0 saturated heterocycles. The van der Waals surface area contributed by atoms with Gasteiger partial charge in [0, 0.05) is 16.0 Å². The number of fused-ring (bicyclic) bond motifs is 1. The molecule has 0 fully saturated rings. The second kappa shape index (κ2) is 4.70. The van der Waals surface area contributed by atoms with Gasteiger partial charge in [0.25, 0.3) is 0 Å². The molecule has 0 aromatic heterocycles. The molecule has 1 unspecified atom stereocenters. The van der Waals surface area contributed by atoms with E-state index in [-0.39, 0.29) is 0 Å². The van der Waals surface area contributed by atoms with Crippen LogP contribution in [-0.2, 0) is 0 Å². The van der Waals surface area contributed by atoms with Gasteiger partial charge in [-0.2, -0.15) is 0 Å². The van der Waals surface area contributed by atoms with Crippen LogP contribution in [0.15, 0.2) is 48.0 Å². The van der Waals surface area contributed by atoms with Gasteiger partial charge in [0.05, 0.1) is 0 Å². The van der Waals surface area contributed by atoms with E-state index >= 15 is 0 Å². The van der Waals surface area contributed by atoms with Crippen LogP contribution in [0.3, 0.4) is 0 Å². The highest BCUT2D eigenvalue weighted by Gasteiger charge is 2.26. The highest BCUT2D eigenvalue weighted by molar-refractivity contribution is 6.31. The summed E-state index contributed by atoms with van der Waals surface area (Å²) in [5, 5.41) is 1.57. The molecule has 0 radical (unpaired) electrons. The summed E-state index contributed by atoms with van der Waals surface area (Å²) in [7, 11) is 0. The summed E-state index contributed by atoms with van der Waals surface area (Å²) in [4.78, 5) is 0. The minimum atomic E-state index is 0.416. The maximum absolute atomic E-state index is 6.11. The minimum absolute atomic E-state index is 0.416. The van der Waals surface area contributed by atoms with Crippen LogP contribution in [0.2, 0.25) is 10.0 Å². The van der Waals surface area contributed by atoms with Gasteiger partial charge in [-0.1, -0.05) is 53.9 Å². The van der Waals surface area contributed by atoms with Gasteiger partial charge >= 0.3 is 0 Å². The Hall–Kier alpha value is -1.24. The molecule has 1 aliphatic carbocycles. The first-order valence-electron chi connectivity index (χ1n) is 6.34. The lowest BCUT2D eigenvalue weighted by Crippen LogP contribution is -1.89. The Labute approximate surface area is 123 Å². The Balaban J connectivity index is 2.19. The summed E-state index contributed by atoms with van der Waals surface area (Å²) in [6, 6.07) is 14.2. The number of hydrogen-bond acceptors (Lipinski definition) is 0. The molecule has 19 heavy (non-hydrogen) atoms. The van der Waals surface area contributed by atoms with Gasteiger partial charge in [0.15, 0.2) is 0 Å². The summed E-state index contributed by atoms with van der Waals surface area (Å²) in [5.41, 5.74) is 6.52. The molecule has 2 aromatic carbocycles. The Morgan fingerprint density at radius 1 is 0.895 bits per heavy atom. The van der Waals surface area contributed by atoms with Gasteiger partial charge in [-0.25, -0.2) is 0 Å². The van der Waals surface area contributed by atoms with Crippen molar-refractivity contribution >= 4 is 28.8 Å². The monoisotopic (exact) mass is 288 g/mol. The third-order valence-corrected chi connectivity index (χ3v) is 4.41. The van der Waals surface area contributed by atoms with Crippen molar-refractivity contribution in [2.45, 2.75) is 19.8 Å². The molecule has 0 saturated carbocycles. The van der Waals surface area contributed by atoms with Crippen molar-refractivity contribution < 1.29 is 0 Å². The van der Waals surface area contributed by atoms with Crippen molar-refractivity contribution in [2.75, 3.05) is 0 Å². The average Bonchev–Trinajstić information content (AvgIpc) is 2.64. The zero-order valence-corrected chi connectivity index (χ0v) is 12.4. The van der Waals surface area contributed by atoms with Crippen molar-refractivity contribution in [3.8, 4) is 0 Å². The maximum Gasteiger partial charge on any atom is 0.0409 e. The molecule has 0 aliphatic heterocycles. The third-order valence-electron chi connectivity index (χ3n) is 3.93. The zero-order chi connectivity index (χ0) is 13.6. The highest BCUT2D eigenvalue weighted by atomic mass is 35.5. The SMILES string of the molecule is CC1=C(c2ccc(Cl)cc2)c2ccc(Cl)cc2C1C. The van der Waals surface area contributed by atoms with Gasteiger partial charge in [0.2, 0.25) is 0 Å². The topological polar surface area (TPSA) is 0 Å². The molecule has 0 spiro atoms. The number of allylic oxidation sites excluding steroid dienone is 1. The maximum atomic E-state index is 6.11. The predicted octanol–water partition coefficient (Wildman–Crippen LogP) is 5.93. The zero-order valence-electron chi connectivity index (χ0n) is 10.9. The summed E-state index contributed by atoms with van der Waals surface area (Å²) in [6.45, 7) is 4.43. The molecular weight excluding hydrogens is 275 g/mol. The number of hydrogen-bond donors (Lipinski definition) is 0. The third kappa shape index (κ3) is 2.09. The van der Waals surface area contributed by atoms with Crippen LogP contribution in [0, 0.1) is 0 Å². The van der Waals surface area contributed by atoms with Crippen LogP contribution >= 0.6 is 23.2 Å². The Morgan fingerprint density at radius 3 is 2.21 bits per heavy atom. The molecule has 96 valence electrons. The van der Waals surface area contributed by atoms with E-state index in [1.165, 1.54) is 27.8 Å². The molecule has 2 heteroatoms. The lowest BCUT2D eigenvalue weighted by Gasteiger charge is -2.07. The van der Waals surface area contributed by atoms with Gasteiger partial charge < -0.3 is 0 Å². The van der Waals surface area contributed by atoms with Crippen molar-refractivity contribution in [2.24, 2.45) is 0 Å². The normalized spacial score (nSPS) is 17.8. The van der Waals surface area contributed by atoms with E-state index in [4.69, 9.17) is 23.2 Å². The van der Waals surface area contributed by atoms with Gasteiger partial charge in [0.1, 0.15) is 0 Å². The minimum Gasteiger partial charge on any atom is -0.0843 e. The fraction of sp³-hybridized carbons (Fsp3) is 0.176. The highest BCUT2D eigenvalue weighted by Crippen LogP contribution is 2.45. The van der Waals surface area contributed by atoms with Crippen LogP contribution in [0.5, 0.6) is 0 Å². The van der Waals surface area contributed by atoms with Crippen LogP contribution in [0.25, 0.3) is 5.57 Å². The summed E-state index contributed by atoms with van der Waals surface area (Å²) in [5.74, 6) is 0.416. The second-order valence-corrected chi connectivity index (χ2v) is 5.89. The number of halogens is 2. The molecule has 2 aromatic rings. The summed E-state index contributed by atoms with van der Waals surface area (Å²) in [6.07, 6.45) is 0. The average molecular weight is 289 g/mol. The summed E-state index contributed by atoms with van der Waals surface area (Å²) < 4.78 is 0. The number of benzene rings is 2. The lowest BCUT2D eigenvalue weighted by molar-refractivity contribution is 0.920. The smallest absolute Gasteiger partial charge is 0.0409 e. The first-order chi connectivity index (χ1) is 9.08. The molecule has 1 aliphatic rings. The van der Waals surface area contributed by atoms with E-state index in [0.29, 0.717) is 5.92 Å². The van der Waals surface area contributed by atoms with Gasteiger partial charge in [-0.05, 0) is 53.5 Å². The molecule has 0 bridgehead atoms. The van der Waals surface area contributed by atoms with Crippen molar-refractivity contribution in [1.82, 2.24) is 0 Å². The fourth-order valence-corrected chi connectivity index (χ4v) is 3.09. The molecule has 1 atom stereocenters. The lowest BCUT2D eigenvalue weighted by atomic mass is 9.98. The molecule has 0 N–H and O–H groups in total. The van der Waals surface area contributed by atoms with Crippen molar-refractivity contribution in [1.29, 1.82) is 0 Å². The Bertz CT molecular complexity index is 666. The predicted molar refractivity (Wildman–Crippen MR) is 83.0 cm³/mol. The van der Waals surface area contributed by atoms with Crippen molar-refractivity contribution in [3.05, 3.63) is 74.8 Å². The molecule has 0 heterocycles. The van der Waals surface area contributed by atoms with Crippen LogP contribution in [-0.4, -0.2) is 0 Å². The van der Waals surface area contributed by atoms with Crippen LogP contribution in [0.4, 0.5) is 0 Å². The number of rotatable bonds is 1. The fourth-order valence-electron chi connectivity index (χ4n) is 2.78. The molecule has 0 amide bonds. The second-order valence-electron chi connectivity index (χ2n) is 5.02. The quantitative estimate of drug-likeness (QED) is 0.610. The van der Waals surface area contributed by atoms with Crippen molar-refractivity contribution in [3.63, 3.8) is 0 Å². The van der Waals surface area contributed by atoms with E-state index in [0.717, 1.165) is 10.0 Å². The van der Waals surface area contributed by atoms with E-state index in [2.05, 4.69) is 38.1 Å². The van der Waals surface area contributed by atoms with Crippen LogP contribution in [0.1, 0.15) is 36.5 Å². The van der Waals surface area contributed by atoms with E-state index < -0.39 is 0 Å². The van der Waals surface area contributed by atoms with E-state index in [1.807, 2.05) is 18.2 Å². The molecule has 0 nitrogen and oxygen atoms in total.